The minimum Gasteiger partial charge on any atom is -0.480 e. The van der Waals surface area contributed by atoms with E-state index in [1.54, 1.807) is 0 Å². The third-order valence-electron chi connectivity index (χ3n) is 7.99. The van der Waals surface area contributed by atoms with Gasteiger partial charge in [-0.15, -0.1) is 0 Å². The van der Waals surface area contributed by atoms with Crippen molar-refractivity contribution in [1.82, 2.24) is 26.6 Å². The molecule has 0 saturated heterocycles. The molecule has 5 amide bonds. The first-order valence-electron chi connectivity index (χ1n) is 18.9. The van der Waals surface area contributed by atoms with Gasteiger partial charge in [0.05, 0.1) is 79.3 Å². The van der Waals surface area contributed by atoms with Crippen LogP contribution in [0.1, 0.15) is 45.4 Å². The number of aliphatic carboxylic acids is 1. The van der Waals surface area contributed by atoms with Gasteiger partial charge in [-0.3, -0.25) is 24.0 Å². The first-order chi connectivity index (χ1) is 26.6. The lowest BCUT2D eigenvalue weighted by Gasteiger charge is -2.26. The fourth-order valence-corrected chi connectivity index (χ4v) is 4.96. The number of carbonyl (C=O) groups excluding carboxylic acids is 5. The van der Waals surface area contributed by atoms with E-state index in [2.05, 4.69) is 33.5 Å². The number of hydrogen-bond acceptors (Lipinski definition) is 14. The summed E-state index contributed by atoms with van der Waals surface area (Å²) in [6.45, 7) is 5.26. The van der Waals surface area contributed by atoms with Gasteiger partial charge in [0, 0.05) is 38.5 Å². The molecular weight excluding hydrogens is 730 g/mol. The molecule has 55 heavy (non-hydrogen) atoms. The maximum absolute atomic E-state index is 12.5. The molecule has 0 bridgehead atoms. The van der Waals surface area contributed by atoms with Gasteiger partial charge in [-0.25, -0.2) is 4.79 Å². The van der Waals surface area contributed by atoms with Crippen LogP contribution in [0.3, 0.4) is 0 Å². The average molecular weight is 794 g/mol. The molecule has 1 aliphatic rings. The van der Waals surface area contributed by atoms with Crippen LogP contribution < -0.4 is 26.6 Å². The van der Waals surface area contributed by atoms with Gasteiger partial charge < -0.3 is 70.0 Å². The lowest BCUT2D eigenvalue weighted by Crippen LogP contribution is -2.45. The van der Waals surface area contributed by atoms with Crippen LogP contribution in [0, 0.1) is 11.8 Å². The zero-order chi connectivity index (χ0) is 40.4. The summed E-state index contributed by atoms with van der Waals surface area (Å²) in [5, 5.41) is 31.2. The van der Waals surface area contributed by atoms with Gasteiger partial charge in [-0.1, -0.05) is 6.92 Å². The number of aliphatic hydroxyl groups excluding tert-OH is 1. The van der Waals surface area contributed by atoms with Crippen LogP contribution >= 0.6 is 0 Å². The normalized spacial score (nSPS) is 15.8. The summed E-state index contributed by atoms with van der Waals surface area (Å²) in [7, 11) is 0. The number of aliphatic hydroxyl groups is 1. The minimum absolute atomic E-state index is 0.0104. The van der Waals surface area contributed by atoms with E-state index in [9.17, 15) is 33.9 Å². The highest BCUT2D eigenvalue weighted by Gasteiger charge is 2.28. The molecule has 1 aliphatic carbocycles. The molecule has 20 heteroatoms. The monoisotopic (exact) mass is 793 g/mol. The zero-order valence-corrected chi connectivity index (χ0v) is 32.1. The minimum atomic E-state index is -1.17. The number of ether oxygens (including phenoxy) is 7. The summed E-state index contributed by atoms with van der Waals surface area (Å²) >= 11 is 0. The number of rotatable bonds is 35. The largest absolute Gasteiger partial charge is 0.480 e. The van der Waals surface area contributed by atoms with E-state index < -0.39 is 12.0 Å². The van der Waals surface area contributed by atoms with E-state index in [-0.39, 0.29) is 160 Å². The van der Waals surface area contributed by atoms with Crippen LogP contribution in [0.5, 0.6) is 0 Å². The van der Waals surface area contributed by atoms with E-state index in [1.165, 1.54) is 0 Å². The van der Waals surface area contributed by atoms with Crippen LogP contribution in [-0.4, -0.2) is 177 Å². The molecule has 0 aromatic heterocycles. The Labute approximate surface area is 322 Å². The third kappa shape index (κ3) is 29.5. The van der Waals surface area contributed by atoms with E-state index in [0.717, 1.165) is 25.7 Å². The SMILES string of the molecule is C[C@H]1CC[C@H](C(=O)N[C@@H](CCC(=O)NCCOCCOCC(=O)NCCOCCOCC(=O)NCCOCCOCC(=O)NCCOCCO)C(=O)O)CC1. The molecule has 0 aromatic carbocycles. The molecule has 0 radical (unpaired) electrons. The Kier molecular flexibility index (Phi) is 30.4. The van der Waals surface area contributed by atoms with Gasteiger partial charge in [0.2, 0.25) is 29.5 Å². The van der Waals surface area contributed by atoms with Crippen molar-refractivity contribution in [3.63, 3.8) is 0 Å². The van der Waals surface area contributed by atoms with E-state index >= 15 is 0 Å². The average Bonchev–Trinajstić information content (AvgIpc) is 3.16. The molecule has 7 N–H and O–H groups in total. The second-order valence-corrected chi connectivity index (χ2v) is 12.6. The smallest absolute Gasteiger partial charge is 0.326 e. The van der Waals surface area contributed by atoms with Gasteiger partial charge in [-0.05, 0) is 38.0 Å². The maximum Gasteiger partial charge on any atom is 0.326 e. The van der Waals surface area contributed by atoms with Crippen LogP contribution in [0.25, 0.3) is 0 Å². The summed E-state index contributed by atoms with van der Waals surface area (Å²) < 4.78 is 36.8. The Morgan fingerprint density at radius 2 is 0.927 bits per heavy atom. The first kappa shape index (κ1) is 49.5. The summed E-state index contributed by atoms with van der Waals surface area (Å²) in [5.74, 6) is -2.30. The molecule has 0 spiro atoms. The van der Waals surface area contributed by atoms with Gasteiger partial charge in [0.25, 0.3) is 0 Å². The third-order valence-corrected chi connectivity index (χ3v) is 7.99. The first-order valence-corrected chi connectivity index (χ1v) is 18.9. The van der Waals surface area contributed by atoms with Crippen molar-refractivity contribution in [2.75, 3.05) is 125 Å². The van der Waals surface area contributed by atoms with Crippen molar-refractivity contribution < 1.29 is 72.1 Å². The number of nitrogens with one attached hydrogen (secondary N) is 5. The summed E-state index contributed by atoms with van der Waals surface area (Å²) in [4.78, 5) is 71.4. The molecule has 1 rings (SSSR count). The van der Waals surface area contributed by atoms with Crippen LogP contribution in [0.4, 0.5) is 0 Å². The molecule has 318 valence electrons. The molecule has 1 atom stereocenters. The lowest BCUT2D eigenvalue weighted by atomic mass is 9.82. The predicted molar refractivity (Wildman–Crippen MR) is 195 cm³/mol. The molecule has 0 aromatic rings. The Morgan fingerprint density at radius 1 is 0.545 bits per heavy atom. The molecule has 20 nitrogen and oxygen atoms in total. The van der Waals surface area contributed by atoms with Crippen molar-refractivity contribution in [2.45, 2.75) is 51.5 Å². The van der Waals surface area contributed by atoms with Gasteiger partial charge in [-0.2, -0.15) is 0 Å². The highest BCUT2D eigenvalue weighted by molar-refractivity contribution is 5.85. The zero-order valence-electron chi connectivity index (χ0n) is 32.1. The van der Waals surface area contributed by atoms with Crippen LogP contribution in [-0.2, 0) is 61.9 Å². The Balaban J connectivity index is 1.87. The van der Waals surface area contributed by atoms with Crippen molar-refractivity contribution in [1.29, 1.82) is 0 Å². The molecular formula is C35H63N5O15. The maximum atomic E-state index is 12.5. The Bertz CT molecular complexity index is 1080. The number of hydrogen-bond donors (Lipinski definition) is 7. The molecule has 0 aliphatic heterocycles. The molecule has 1 fully saturated rings. The summed E-state index contributed by atoms with van der Waals surface area (Å²) in [6, 6.07) is -1.12. The Hall–Kier alpha value is -3.50. The van der Waals surface area contributed by atoms with Crippen LogP contribution in [0.2, 0.25) is 0 Å². The fourth-order valence-electron chi connectivity index (χ4n) is 4.96. The lowest BCUT2D eigenvalue weighted by molar-refractivity contribution is -0.143. The fraction of sp³-hybridized carbons (Fsp3) is 0.829. The predicted octanol–water partition coefficient (Wildman–Crippen LogP) is -2.26. The highest BCUT2D eigenvalue weighted by atomic mass is 16.5. The van der Waals surface area contributed by atoms with E-state index in [4.69, 9.17) is 38.3 Å². The standard InChI is InChI=1S/C35H63N5O15/c1-27-2-4-28(5-3-27)34(46)40-29(35(47)48)6-7-30(42)36-8-14-50-18-21-53-25-32(44)38-10-16-52-20-23-55-26-33(45)39-11-15-51-19-22-54-24-31(43)37-9-13-49-17-12-41/h27-29,41H,2-26H2,1H3,(H,36,42)(H,37,43)(H,38,44)(H,39,45)(H,40,46)(H,47,48)/t27-,28-,29-/m0/s1. The molecule has 0 unspecified atom stereocenters. The second kappa shape index (κ2) is 33.8. The van der Waals surface area contributed by atoms with Crippen LogP contribution in [0.15, 0.2) is 0 Å². The van der Waals surface area contributed by atoms with E-state index in [1.807, 2.05) is 0 Å². The number of carbonyl (C=O) groups is 6. The van der Waals surface area contributed by atoms with E-state index in [0.29, 0.717) is 19.1 Å². The van der Waals surface area contributed by atoms with Gasteiger partial charge >= 0.3 is 5.97 Å². The topological polar surface area (TPSA) is 268 Å². The second-order valence-electron chi connectivity index (χ2n) is 12.6. The van der Waals surface area contributed by atoms with Crippen molar-refractivity contribution in [3.05, 3.63) is 0 Å². The summed E-state index contributed by atoms with van der Waals surface area (Å²) in [5.41, 5.74) is 0. The highest BCUT2D eigenvalue weighted by Crippen LogP contribution is 2.28. The van der Waals surface area contributed by atoms with Crippen molar-refractivity contribution in [3.8, 4) is 0 Å². The van der Waals surface area contributed by atoms with Crippen molar-refractivity contribution in [2.24, 2.45) is 11.8 Å². The quantitative estimate of drug-likeness (QED) is 0.0334. The molecule has 1 saturated carbocycles. The number of amides is 5. The molecule has 0 heterocycles. The number of carboxylic acids is 1. The number of carboxylic acid groups (broad SMARTS) is 1. The van der Waals surface area contributed by atoms with Gasteiger partial charge in [0.1, 0.15) is 25.9 Å². The summed E-state index contributed by atoms with van der Waals surface area (Å²) in [6.07, 6.45) is 3.32. The van der Waals surface area contributed by atoms with Crippen molar-refractivity contribution >= 4 is 35.5 Å². The Morgan fingerprint density at radius 3 is 1.33 bits per heavy atom. The van der Waals surface area contributed by atoms with Gasteiger partial charge in [0.15, 0.2) is 0 Å².